The van der Waals surface area contributed by atoms with Gasteiger partial charge in [0.25, 0.3) is 0 Å². The Kier molecular flexibility index (Phi) is 4.59. The van der Waals surface area contributed by atoms with Crippen LogP contribution in [0.15, 0.2) is 29.6 Å². The molecule has 0 amide bonds. The van der Waals surface area contributed by atoms with E-state index in [1.165, 1.54) is 16.2 Å². The topological polar surface area (TPSA) is 35.2 Å². The molecule has 17 heavy (non-hydrogen) atoms. The average molecular weight is 288 g/mol. The summed E-state index contributed by atoms with van der Waals surface area (Å²) in [6.07, 6.45) is -0.0883. The van der Waals surface area contributed by atoms with Crippen molar-refractivity contribution in [1.82, 2.24) is 0 Å². The number of ether oxygens (including phenoxy) is 1. The molecule has 0 bridgehead atoms. The van der Waals surface area contributed by atoms with Gasteiger partial charge in [-0.2, -0.15) is 0 Å². The van der Waals surface area contributed by atoms with Gasteiger partial charge >= 0.3 is 0 Å². The van der Waals surface area contributed by atoms with Gasteiger partial charge in [0.15, 0.2) is 0 Å². The SMILES string of the molecule is CC(N)C(OCc1cccs1)c1ccc(Cl)s1. The van der Waals surface area contributed by atoms with Crippen LogP contribution in [0.2, 0.25) is 4.34 Å². The van der Waals surface area contributed by atoms with E-state index in [4.69, 9.17) is 22.1 Å². The van der Waals surface area contributed by atoms with Crippen LogP contribution in [0.1, 0.15) is 22.8 Å². The van der Waals surface area contributed by atoms with Crippen molar-refractivity contribution in [3.05, 3.63) is 43.7 Å². The van der Waals surface area contributed by atoms with Crippen molar-refractivity contribution >= 4 is 34.3 Å². The first-order chi connectivity index (χ1) is 8.16. The van der Waals surface area contributed by atoms with E-state index in [1.54, 1.807) is 11.3 Å². The summed E-state index contributed by atoms with van der Waals surface area (Å²) in [5.74, 6) is 0. The van der Waals surface area contributed by atoms with E-state index >= 15 is 0 Å². The van der Waals surface area contributed by atoms with E-state index in [9.17, 15) is 0 Å². The zero-order valence-corrected chi connectivity index (χ0v) is 11.8. The number of hydrogen-bond acceptors (Lipinski definition) is 4. The first-order valence-electron chi connectivity index (χ1n) is 5.31. The Morgan fingerprint density at radius 3 is 2.76 bits per heavy atom. The van der Waals surface area contributed by atoms with Crippen LogP contribution in [0.25, 0.3) is 0 Å². The molecule has 2 aromatic heterocycles. The average Bonchev–Trinajstić information content (AvgIpc) is 2.90. The highest BCUT2D eigenvalue weighted by Gasteiger charge is 2.19. The maximum atomic E-state index is 5.96. The molecular formula is C12H14ClNOS2. The minimum absolute atomic E-state index is 0.0512. The normalized spacial score (nSPS) is 14.8. The van der Waals surface area contributed by atoms with E-state index in [0.29, 0.717) is 6.61 Å². The molecule has 2 N–H and O–H groups in total. The molecule has 2 aromatic rings. The summed E-state index contributed by atoms with van der Waals surface area (Å²) < 4.78 is 6.65. The summed E-state index contributed by atoms with van der Waals surface area (Å²) in [5, 5.41) is 2.04. The Morgan fingerprint density at radius 2 is 2.24 bits per heavy atom. The van der Waals surface area contributed by atoms with E-state index in [2.05, 4.69) is 6.07 Å². The van der Waals surface area contributed by atoms with Gasteiger partial charge < -0.3 is 10.5 Å². The second-order valence-electron chi connectivity index (χ2n) is 3.81. The zero-order chi connectivity index (χ0) is 12.3. The summed E-state index contributed by atoms with van der Waals surface area (Å²) in [4.78, 5) is 2.29. The van der Waals surface area contributed by atoms with Crippen molar-refractivity contribution in [3.63, 3.8) is 0 Å². The summed E-state index contributed by atoms with van der Waals surface area (Å²) in [7, 11) is 0. The standard InChI is InChI=1S/C12H14ClNOS2/c1-8(14)12(10-4-5-11(13)17-10)15-7-9-3-2-6-16-9/h2-6,8,12H,7,14H2,1H3. The number of halogens is 1. The molecule has 2 nitrogen and oxygen atoms in total. The van der Waals surface area contributed by atoms with E-state index in [1.807, 2.05) is 30.5 Å². The van der Waals surface area contributed by atoms with Gasteiger partial charge in [-0.15, -0.1) is 22.7 Å². The van der Waals surface area contributed by atoms with Crippen molar-refractivity contribution in [2.45, 2.75) is 25.7 Å². The second kappa shape index (κ2) is 5.98. The van der Waals surface area contributed by atoms with Gasteiger partial charge in [-0.25, -0.2) is 0 Å². The number of rotatable bonds is 5. The third kappa shape index (κ3) is 3.53. The molecule has 2 unspecified atom stereocenters. The molecule has 0 saturated carbocycles. The van der Waals surface area contributed by atoms with Crippen molar-refractivity contribution in [3.8, 4) is 0 Å². The summed E-state index contributed by atoms with van der Waals surface area (Å²) in [5.41, 5.74) is 5.96. The third-order valence-electron chi connectivity index (χ3n) is 2.34. The van der Waals surface area contributed by atoms with Crippen LogP contribution in [0, 0.1) is 0 Å². The summed E-state index contributed by atoms with van der Waals surface area (Å²) >= 11 is 9.15. The van der Waals surface area contributed by atoms with Crippen LogP contribution >= 0.6 is 34.3 Å². The van der Waals surface area contributed by atoms with E-state index in [-0.39, 0.29) is 12.1 Å². The lowest BCUT2D eigenvalue weighted by molar-refractivity contribution is 0.0297. The molecule has 0 aromatic carbocycles. The van der Waals surface area contributed by atoms with Gasteiger partial charge in [-0.05, 0) is 30.5 Å². The fourth-order valence-corrected chi connectivity index (χ4v) is 3.39. The van der Waals surface area contributed by atoms with Gasteiger partial charge in [0.1, 0.15) is 6.10 Å². The molecule has 0 aliphatic rings. The second-order valence-corrected chi connectivity index (χ2v) is 6.59. The van der Waals surface area contributed by atoms with E-state index in [0.717, 1.165) is 9.21 Å². The van der Waals surface area contributed by atoms with Crippen molar-refractivity contribution < 1.29 is 4.74 Å². The number of nitrogens with two attached hydrogens (primary N) is 1. The van der Waals surface area contributed by atoms with E-state index < -0.39 is 0 Å². The highest BCUT2D eigenvalue weighted by Crippen LogP contribution is 2.31. The van der Waals surface area contributed by atoms with Crippen molar-refractivity contribution in [2.24, 2.45) is 5.73 Å². The fourth-order valence-electron chi connectivity index (χ4n) is 1.54. The monoisotopic (exact) mass is 287 g/mol. The van der Waals surface area contributed by atoms with Crippen molar-refractivity contribution in [2.75, 3.05) is 0 Å². The maximum absolute atomic E-state index is 5.96. The molecule has 92 valence electrons. The van der Waals surface area contributed by atoms with Gasteiger partial charge in [-0.1, -0.05) is 17.7 Å². The van der Waals surface area contributed by atoms with Crippen LogP contribution < -0.4 is 5.73 Å². The molecular weight excluding hydrogens is 274 g/mol. The van der Waals surface area contributed by atoms with Crippen LogP contribution in [0.3, 0.4) is 0 Å². The Hall–Kier alpha value is -0.390. The third-order valence-corrected chi connectivity index (χ3v) is 4.48. The Morgan fingerprint density at radius 1 is 1.41 bits per heavy atom. The molecule has 0 fully saturated rings. The molecule has 0 spiro atoms. The first kappa shape index (κ1) is 13.1. The molecule has 0 saturated heterocycles. The highest BCUT2D eigenvalue weighted by atomic mass is 35.5. The lowest BCUT2D eigenvalue weighted by Gasteiger charge is -2.19. The number of hydrogen-bond donors (Lipinski definition) is 1. The maximum Gasteiger partial charge on any atom is 0.107 e. The minimum atomic E-state index is -0.0883. The smallest absolute Gasteiger partial charge is 0.107 e. The van der Waals surface area contributed by atoms with Crippen LogP contribution in [-0.2, 0) is 11.3 Å². The highest BCUT2D eigenvalue weighted by molar-refractivity contribution is 7.16. The van der Waals surface area contributed by atoms with Gasteiger partial charge in [0.2, 0.25) is 0 Å². The molecule has 0 aliphatic heterocycles. The molecule has 0 aliphatic carbocycles. The molecule has 5 heteroatoms. The lowest BCUT2D eigenvalue weighted by Crippen LogP contribution is -2.26. The predicted octanol–water partition coefficient (Wildman–Crippen LogP) is 4.07. The summed E-state index contributed by atoms with van der Waals surface area (Å²) in [6.45, 7) is 2.55. The number of thiophene rings is 2. The first-order valence-corrected chi connectivity index (χ1v) is 7.39. The fraction of sp³-hybridized carbons (Fsp3) is 0.333. The molecule has 0 radical (unpaired) electrons. The minimum Gasteiger partial charge on any atom is -0.366 e. The van der Waals surface area contributed by atoms with Gasteiger partial charge in [0.05, 0.1) is 10.9 Å². The van der Waals surface area contributed by atoms with Gasteiger partial charge in [-0.3, -0.25) is 0 Å². The lowest BCUT2D eigenvalue weighted by atomic mass is 10.1. The Bertz CT molecular complexity index is 453. The molecule has 2 atom stereocenters. The van der Waals surface area contributed by atoms with Gasteiger partial charge in [0, 0.05) is 15.8 Å². The Labute approximate surface area is 114 Å². The zero-order valence-electron chi connectivity index (χ0n) is 9.43. The summed E-state index contributed by atoms with van der Waals surface area (Å²) in [6, 6.07) is 7.89. The van der Waals surface area contributed by atoms with Crippen LogP contribution in [0.5, 0.6) is 0 Å². The van der Waals surface area contributed by atoms with Crippen molar-refractivity contribution in [1.29, 1.82) is 0 Å². The van der Waals surface area contributed by atoms with Crippen LogP contribution in [0.4, 0.5) is 0 Å². The largest absolute Gasteiger partial charge is 0.366 e. The predicted molar refractivity (Wildman–Crippen MR) is 74.8 cm³/mol. The molecule has 2 heterocycles. The molecule has 2 rings (SSSR count). The Balaban J connectivity index is 2.03. The quantitative estimate of drug-likeness (QED) is 0.900. The van der Waals surface area contributed by atoms with Crippen LogP contribution in [-0.4, -0.2) is 6.04 Å².